The monoisotopic (exact) mass is 322 g/mol. The quantitative estimate of drug-likeness (QED) is 0.915. The van der Waals surface area contributed by atoms with Crippen LogP contribution in [0.4, 0.5) is 5.69 Å². The van der Waals surface area contributed by atoms with Crippen LogP contribution >= 0.6 is 0 Å². The van der Waals surface area contributed by atoms with E-state index >= 15 is 0 Å². The molecule has 1 aliphatic rings. The van der Waals surface area contributed by atoms with Crippen molar-refractivity contribution in [3.63, 3.8) is 0 Å². The summed E-state index contributed by atoms with van der Waals surface area (Å²) in [4.78, 5) is 19.9. The first-order valence-electron chi connectivity index (χ1n) is 8.17. The molecule has 1 aliphatic heterocycles. The summed E-state index contributed by atoms with van der Waals surface area (Å²) in [5.41, 5.74) is 7.86. The Balaban J connectivity index is 1.51. The average molecular weight is 322 g/mol. The third kappa shape index (κ3) is 4.20. The van der Waals surface area contributed by atoms with E-state index in [-0.39, 0.29) is 0 Å². The van der Waals surface area contributed by atoms with Crippen LogP contribution in [0.25, 0.3) is 6.08 Å². The maximum Gasteiger partial charge on any atom is 0.267 e. The Hall–Kier alpha value is -2.66. The van der Waals surface area contributed by atoms with Crippen LogP contribution in [0.3, 0.4) is 0 Å². The molecule has 2 N–H and O–H groups in total. The molecule has 1 fully saturated rings. The van der Waals surface area contributed by atoms with E-state index in [0.29, 0.717) is 5.69 Å². The van der Waals surface area contributed by atoms with Crippen molar-refractivity contribution in [1.29, 1.82) is 0 Å². The van der Waals surface area contributed by atoms with E-state index in [1.165, 1.54) is 5.56 Å². The molecule has 1 amide bonds. The van der Waals surface area contributed by atoms with E-state index < -0.39 is 5.91 Å². The van der Waals surface area contributed by atoms with Crippen LogP contribution in [-0.2, 0) is 0 Å². The van der Waals surface area contributed by atoms with Crippen LogP contribution < -0.4 is 10.6 Å². The predicted molar refractivity (Wildman–Crippen MR) is 96.9 cm³/mol. The number of carbonyl (C=O) groups excluding carboxylic acids is 1. The summed E-state index contributed by atoms with van der Waals surface area (Å²) in [6.45, 7) is 4.80. The van der Waals surface area contributed by atoms with Crippen molar-refractivity contribution in [2.24, 2.45) is 5.73 Å². The highest BCUT2D eigenvalue weighted by Gasteiger charge is 2.17. The molecule has 5 nitrogen and oxygen atoms in total. The van der Waals surface area contributed by atoms with Crippen LogP contribution in [0, 0.1) is 0 Å². The summed E-state index contributed by atoms with van der Waals surface area (Å²) in [6.07, 6.45) is 6.02. The largest absolute Gasteiger partial charge is 0.369 e. The lowest BCUT2D eigenvalue weighted by atomic mass is 10.2. The minimum atomic E-state index is -0.485. The highest BCUT2D eigenvalue weighted by Crippen LogP contribution is 2.16. The molecule has 1 aromatic carbocycles. The molecule has 3 rings (SSSR count). The number of hydrogen-bond donors (Lipinski definition) is 1. The lowest BCUT2D eigenvalue weighted by Gasteiger charge is -2.35. The van der Waals surface area contributed by atoms with Gasteiger partial charge in [-0.2, -0.15) is 0 Å². The third-order valence-electron chi connectivity index (χ3n) is 4.21. The number of primary amides is 1. The Morgan fingerprint density at radius 1 is 1.12 bits per heavy atom. The Labute approximate surface area is 142 Å². The normalized spacial score (nSPS) is 15.8. The Bertz CT molecular complexity index is 706. The fourth-order valence-corrected chi connectivity index (χ4v) is 2.84. The molecule has 24 heavy (non-hydrogen) atoms. The summed E-state index contributed by atoms with van der Waals surface area (Å²) in [7, 11) is 0. The fraction of sp³-hybridized carbons (Fsp3) is 0.263. The average Bonchev–Trinajstić information content (AvgIpc) is 2.63. The number of rotatable bonds is 5. The molecule has 2 heterocycles. The van der Waals surface area contributed by atoms with Crippen molar-refractivity contribution in [3.05, 3.63) is 66.0 Å². The third-order valence-corrected chi connectivity index (χ3v) is 4.21. The van der Waals surface area contributed by atoms with Gasteiger partial charge >= 0.3 is 0 Å². The van der Waals surface area contributed by atoms with Gasteiger partial charge in [-0.3, -0.25) is 14.7 Å². The van der Waals surface area contributed by atoms with Crippen LogP contribution in [0.5, 0.6) is 0 Å². The van der Waals surface area contributed by atoms with Gasteiger partial charge in [0.05, 0.1) is 0 Å². The molecular formula is C19H22N4O. The SMILES string of the molecule is NC(=O)c1cc(N2CCN(CC=Cc3ccccc3)CC2)ccn1. The van der Waals surface area contributed by atoms with E-state index in [1.807, 2.05) is 24.3 Å². The molecule has 5 heteroatoms. The summed E-state index contributed by atoms with van der Waals surface area (Å²) in [5.74, 6) is -0.485. The van der Waals surface area contributed by atoms with Gasteiger partial charge in [0.1, 0.15) is 5.69 Å². The second-order valence-electron chi connectivity index (χ2n) is 5.86. The molecule has 1 aromatic heterocycles. The Morgan fingerprint density at radius 2 is 1.88 bits per heavy atom. The van der Waals surface area contributed by atoms with Crippen molar-refractivity contribution < 1.29 is 4.79 Å². The lowest BCUT2D eigenvalue weighted by molar-refractivity contribution is 0.0995. The van der Waals surface area contributed by atoms with Gasteiger partial charge < -0.3 is 10.6 Å². The highest BCUT2D eigenvalue weighted by molar-refractivity contribution is 5.91. The number of anilines is 1. The number of nitrogens with zero attached hydrogens (tertiary/aromatic N) is 3. The lowest BCUT2D eigenvalue weighted by Crippen LogP contribution is -2.46. The molecule has 0 bridgehead atoms. The molecule has 0 atom stereocenters. The van der Waals surface area contributed by atoms with E-state index in [1.54, 1.807) is 12.3 Å². The Morgan fingerprint density at radius 3 is 2.58 bits per heavy atom. The number of amides is 1. The minimum absolute atomic E-state index is 0.320. The van der Waals surface area contributed by atoms with Crippen molar-refractivity contribution in [3.8, 4) is 0 Å². The summed E-state index contributed by atoms with van der Waals surface area (Å²) in [6, 6.07) is 14.0. The number of benzene rings is 1. The molecule has 0 radical (unpaired) electrons. The zero-order chi connectivity index (χ0) is 16.8. The van der Waals surface area contributed by atoms with Crippen molar-refractivity contribution in [1.82, 2.24) is 9.88 Å². The molecular weight excluding hydrogens is 300 g/mol. The smallest absolute Gasteiger partial charge is 0.267 e. The standard InChI is InChI=1S/C19H22N4O/c20-19(24)18-15-17(8-9-21-18)23-13-11-22(12-14-23)10-4-7-16-5-2-1-3-6-16/h1-9,15H,10-14H2,(H2,20,24). The first-order chi connectivity index (χ1) is 11.7. The second kappa shape index (κ2) is 7.75. The first kappa shape index (κ1) is 16.2. The number of hydrogen-bond acceptors (Lipinski definition) is 4. The molecule has 0 aliphatic carbocycles. The van der Waals surface area contributed by atoms with Crippen LogP contribution in [0.2, 0.25) is 0 Å². The minimum Gasteiger partial charge on any atom is -0.369 e. The van der Waals surface area contributed by atoms with Gasteiger partial charge in [-0.05, 0) is 17.7 Å². The van der Waals surface area contributed by atoms with Crippen LogP contribution in [0.15, 0.2) is 54.7 Å². The Kier molecular flexibility index (Phi) is 5.23. The van der Waals surface area contributed by atoms with Crippen molar-refractivity contribution in [2.45, 2.75) is 0 Å². The van der Waals surface area contributed by atoms with E-state index in [0.717, 1.165) is 38.4 Å². The molecule has 0 saturated carbocycles. The number of nitrogens with two attached hydrogens (primary N) is 1. The molecule has 124 valence electrons. The second-order valence-corrected chi connectivity index (χ2v) is 5.86. The highest BCUT2D eigenvalue weighted by atomic mass is 16.1. The maximum atomic E-state index is 11.2. The summed E-state index contributed by atoms with van der Waals surface area (Å²) < 4.78 is 0. The maximum absolute atomic E-state index is 11.2. The van der Waals surface area contributed by atoms with Gasteiger partial charge in [-0.1, -0.05) is 42.5 Å². The number of pyridine rings is 1. The fourth-order valence-electron chi connectivity index (χ4n) is 2.84. The van der Waals surface area contributed by atoms with Crippen LogP contribution in [-0.4, -0.2) is 48.5 Å². The molecule has 2 aromatic rings. The van der Waals surface area contributed by atoms with Gasteiger partial charge in [0.15, 0.2) is 0 Å². The molecule has 0 spiro atoms. The number of piperazine rings is 1. The van der Waals surface area contributed by atoms with Gasteiger partial charge in [0.2, 0.25) is 0 Å². The van der Waals surface area contributed by atoms with E-state index in [9.17, 15) is 4.79 Å². The zero-order valence-electron chi connectivity index (χ0n) is 13.6. The van der Waals surface area contributed by atoms with Crippen molar-refractivity contribution in [2.75, 3.05) is 37.6 Å². The summed E-state index contributed by atoms with van der Waals surface area (Å²) in [5, 5.41) is 0. The van der Waals surface area contributed by atoms with Gasteiger partial charge in [0, 0.05) is 44.6 Å². The number of aromatic nitrogens is 1. The predicted octanol–water partition coefficient (Wildman–Crippen LogP) is 2.02. The van der Waals surface area contributed by atoms with Gasteiger partial charge in [-0.15, -0.1) is 0 Å². The van der Waals surface area contributed by atoms with E-state index in [2.05, 4.69) is 39.1 Å². The number of carbonyl (C=O) groups is 1. The zero-order valence-corrected chi connectivity index (χ0v) is 13.6. The molecule has 0 unspecified atom stereocenters. The van der Waals surface area contributed by atoms with Gasteiger partial charge in [-0.25, -0.2) is 0 Å². The first-order valence-corrected chi connectivity index (χ1v) is 8.17. The van der Waals surface area contributed by atoms with E-state index in [4.69, 9.17) is 5.73 Å². The summed E-state index contributed by atoms with van der Waals surface area (Å²) >= 11 is 0. The molecule has 1 saturated heterocycles. The van der Waals surface area contributed by atoms with Crippen LogP contribution in [0.1, 0.15) is 16.1 Å². The van der Waals surface area contributed by atoms with Crippen molar-refractivity contribution >= 4 is 17.7 Å². The van der Waals surface area contributed by atoms with Gasteiger partial charge in [0.25, 0.3) is 5.91 Å². The topological polar surface area (TPSA) is 62.5 Å².